The summed E-state index contributed by atoms with van der Waals surface area (Å²) in [7, 11) is 1.31. The van der Waals surface area contributed by atoms with Crippen LogP contribution in [-0.4, -0.2) is 30.6 Å². The van der Waals surface area contributed by atoms with Gasteiger partial charge in [0, 0.05) is 13.0 Å². The first-order valence-electron chi connectivity index (χ1n) is 5.78. The number of carbonyl (C=O) groups excluding carboxylic acids is 1. The minimum atomic E-state index is -0.936. The Morgan fingerprint density at radius 3 is 2.74 bits per heavy atom. The number of benzene rings is 1. The van der Waals surface area contributed by atoms with Gasteiger partial charge in [0.05, 0.1) is 12.7 Å². The van der Waals surface area contributed by atoms with E-state index in [-0.39, 0.29) is 30.2 Å². The number of carboxylic acid groups (broad SMARTS) is 1. The Bertz CT molecular complexity index is 476. The van der Waals surface area contributed by atoms with Gasteiger partial charge in [-0.1, -0.05) is 13.0 Å². The summed E-state index contributed by atoms with van der Waals surface area (Å²) in [5.74, 6) is -2.49. The van der Waals surface area contributed by atoms with Gasteiger partial charge in [0.25, 0.3) is 5.91 Å². The minimum absolute atomic E-state index is 0.00812. The van der Waals surface area contributed by atoms with Crippen LogP contribution in [0.15, 0.2) is 18.2 Å². The van der Waals surface area contributed by atoms with Crippen molar-refractivity contribution in [2.24, 2.45) is 5.92 Å². The maximum absolute atomic E-state index is 13.8. The summed E-state index contributed by atoms with van der Waals surface area (Å²) in [5, 5.41) is 11.1. The van der Waals surface area contributed by atoms with E-state index in [1.165, 1.54) is 25.3 Å². The standard InChI is InChI=1S/C13H16FNO4/c1-8(6-11(16)17)7-15-13(18)9-4-3-5-10(19-2)12(9)14/h3-5,8H,6-7H2,1-2H3,(H,15,18)(H,16,17). The molecule has 0 spiro atoms. The second-order valence-corrected chi connectivity index (χ2v) is 4.23. The molecule has 0 radical (unpaired) electrons. The summed E-state index contributed by atoms with van der Waals surface area (Å²) in [6.07, 6.45) is -0.0547. The van der Waals surface area contributed by atoms with Crippen molar-refractivity contribution >= 4 is 11.9 Å². The number of amides is 1. The Labute approximate surface area is 110 Å². The predicted molar refractivity (Wildman–Crippen MR) is 66.7 cm³/mol. The largest absolute Gasteiger partial charge is 0.494 e. The zero-order valence-electron chi connectivity index (χ0n) is 10.8. The molecular formula is C13H16FNO4. The highest BCUT2D eigenvalue weighted by Gasteiger charge is 2.16. The minimum Gasteiger partial charge on any atom is -0.494 e. The lowest BCUT2D eigenvalue weighted by Crippen LogP contribution is -2.29. The lowest BCUT2D eigenvalue weighted by atomic mass is 10.1. The Hall–Kier alpha value is -2.11. The molecule has 1 rings (SSSR count). The SMILES string of the molecule is COc1cccc(C(=O)NCC(C)CC(=O)O)c1F. The molecule has 2 N–H and O–H groups in total. The van der Waals surface area contributed by atoms with E-state index in [0.29, 0.717) is 0 Å². The molecular weight excluding hydrogens is 253 g/mol. The molecule has 0 aromatic heterocycles. The third-order valence-corrected chi connectivity index (χ3v) is 2.56. The van der Waals surface area contributed by atoms with Crippen molar-refractivity contribution in [3.8, 4) is 5.75 Å². The highest BCUT2D eigenvalue weighted by molar-refractivity contribution is 5.94. The van der Waals surface area contributed by atoms with Gasteiger partial charge in [0.2, 0.25) is 0 Å². The van der Waals surface area contributed by atoms with Gasteiger partial charge in [-0.2, -0.15) is 0 Å². The fraction of sp³-hybridized carbons (Fsp3) is 0.385. The summed E-state index contributed by atoms with van der Waals surface area (Å²) in [5.41, 5.74) is -0.123. The fourth-order valence-corrected chi connectivity index (χ4v) is 1.58. The molecule has 1 amide bonds. The molecule has 104 valence electrons. The van der Waals surface area contributed by atoms with E-state index in [1.807, 2.05) is 0 Å². The zero-order valence-corrected chi connectivity index (χ0v) is 10.8. The molecule has 19 heavy (non-hydrogen) atoms. The number of halogens is 1. The summed E-state index contributed by atoms with van der Waals surface area (Å²) in [4.78, 5) is 22.2. The van der Waals surface area contributed by atoms with Gasteiger partial charge < -0.3 is 15.2 Å². The maximum atomic E-state index is 13.8. The Balaban J connectivity index is 2.66. The van der Waals surface area contributed by atoms with Crippen molar-refractivity contribution in [3.63, 3.8) is 0 Å². The number of rotatable bonds is 6. The van der Waals surface area contributed by atoms with E-state index in [2.05, 4.69) is 5.32 Å². The van der Waals surface area contributed by atoms with Crippen molar-refractivity contribution in [3.05, 3.63) is 29.6 Å². The van der Waals surface area contributed by atoms with Crippen LogP contribution in [0.25, 0.3) is 0 Å². The summed E-state index contributed by atoms with van der Waals surface area (Å²) in [6, 6.07) is 4.27. The zero-order chi connectivity index (χ0) is 14.4. The third-order valence-electron chi connectivity index (χ3n) is 2.56. The number of ether oxygens (including phenoxy) is 1. The Morgan fingerprint density at radius 2 is 2.16 bits per heavy atom. The van der Waals surface area contributed by atoms with Crippen LogP contribution < -0.4 is 10.1 Å². The van der Waals surface area contributed by atoms with Crippen molar-refractivity contribution in [2.45, 2.75) is 13.3 Å². The van der Waals surface area contributed by atoms with Crippen molar-refractivity contribution in [1.29, 1.82) is 0 Å². The van der Waals surface area contributed by atoms with E-state index < -0.39 is 17.7 Å². The van der Waals surface area contributed by atoms with Crippen molar-refractivity contribution < 1.29 is 23.8 Å². The number of carbonyl (C=O) groups is 2. The normalized spacial score (nSPS) is 11.7. The molecule has 0 aliphatic carbocycles. The number of hydrogen-bond donors (Lipinski definition) is 2. The summed E-state index contributed by atoms with van der Waals surface area (Å²) >= 11 is 0. The molecule has 5 nitrogen and oxygen atoms in total. The Kier molecular flexibility index (Phi) is 5.29. The molecule has 1 aromatic carbocycles. The molecule has 1 atom stereocenters. The molecule has 0 heterocycles. The monoisotopic (exact) mass is 269 g/mol. The van der Waals surface area contributed by atoms with E-state index in [1.54, 1.807) is 6.92 Å². The smallest absolute Gasteiger partial charge is 0.303 e. The molecule has 6 heteroatoms. The fourth-order valence-electron chi connectivity index (χ4n) is 1.58. The molecule has 0 bridgehead atoms. The van der Waals surface area contributed by atoms with Crippen LogP contribution in [0.5, 0.6) is 5.75 Å². The number of aliphatic carboxylic acids is 1. The first-order chi connectivity index (χ1) is 8.95. The van der Waals surface area contributed by atoms with Crippen LogP contribution in [0.2, 0.25) is 0 Å². The van der Waals surface area contributed by atoms with Crippen LogP contribution in [0.3, 0.4) is 0 Å². The van der Waals surface area contributed by atoms with E-state index in [9.17, 15) is 14.0 Å². The van der Waals surface area contributed by atoms with Crippen molar-refractivity contribution in [1.82, 2.24) is 5.32 Å². The lowest BCUT2D eigenvalue weighted by Gasteiger charge is -2.11. The molecule has 0 saturated carbocycles. The number of nitrogens with one attached hydrogen (secondary N) is 1. The predicted octanol–water partition coefficient (Wildman–Crippen LogP) is 1.67. The van der Waals surface area contributed by atoms with Crippen LogP contribution in [-0.2, 0) is 4.79 Å². The average molecular weight is 269 g/mol. The van der Waals surface area contributed by atoms with Crippen LogP contribution in [0, 0.1) is 11.7 Å². The molecule has 0 aliphatic rings. The first-order valence-corrected chi connectivity index (χ1v) is 5.78. The third kappa shape index (κ3) is 4.24. The Morgan fingerprint density at radius 1 is 1.47 bits per heavy atom. The number of carboxylic acids is 1. The highest BCUT2D eigenvalue weighted by Crippen LogP contribution is 2.19. The maximum Gasteiger partial charge on any atom is 0.303 e. The van der Waals surface area contributed by atoms with Gasteiger partial charge in [-0.05, 0) is 18.1 Å². The molecule has 0 fully saturated rings. The van der Waals surface area contributed by atoms with E-state index in [0.717, 1.165) is 0 Å². The van der Waals surface area contributed by atoms with Crippen LogP contribution in [0.4, 0.5) is 4.39 Å². The van der Waals surface area contributed by atoms with Gasteiger partial charge in [0.15, 0.2) is 11.6 Å². The van der Waals surface area contributed by atoms with E-state index in [4.69, 9.17) is 9.84 Å². The average Bonchev–Trinajstić information content (AvgIpc) is 2.35. The van der Waals surface area contributed by atoms with Gasteiger partial charge in [-0.25, -0.2) is 4.39 Å². The molecule has 1 unspecified atom stereocenters. The molecule has 0 aliphatic heterocycles. The highest BCUT2D eigenvalue weighted by atomic mass is 19.1. The second kappa shape index (κ2) is 6.72. The van der Waals surface area contributed by atoms with Gasteiger partial charge in [-0.15, -0.1) is 0 Å². The number of methoxy groups -OCH3 is 1. The molecule has 0 saturated heterocycles. The van der Waals surface area contributed by atoms with Gasteiger partial charge in [0.1, 0.15) is 0 Å². The van der Waals surface area contributed by atoms with Crippen LogP contribution in [0.1, 0.15) is 23.7 Å². The van der Waals surface area contributed by atoms with Gasteiger partial charge in [-0.3, -0.25) is 9.59 Å². The summed E-state index contributed by atoms with van der Waals surface area (Å²) < 4.78 is 18.6. The first kappa shape index (κ1) is 14.9. The van der Waals surface area contributed by atoms with Crippen LogP contribution >= 0.6 is 0 Å². The topological polar surface area (TPSA) is 75.6 Å². The number of hydrogen-bond acceptors (Lipinski definition) is 3. The van der Waals surface area contributed by atoms with E-state index >= 15 is 0 Å². The summed E-state index contributed by atoms with van der Waals surface area (Å²) in [6.45, 7) is 1.86. The quantitative estimate of drug-likeness (QED) is 0.823. The second-order valence-electron chi connectivity index (χ2n) is 4.23. The van der Waals surface area contributed by atoms with Crippen molar-refractivity contribution in [2.75, 3.05) is 13.7 Å². The van der Waals surface area contributed by atoms with Gasteiger partial charge >= 0.3 is 5.97 Å². The lowest BCUT2D eigenvalue weighted by molar-refractivity contribution is -0.137. The molecule has 1 aromatic rings.